The largest absolute Gasteiger partial charge is 0.395 e. The molecule has 1 aromatic heterocycles. The van der Waals surface area contributed by atoms with Gasteiger partial charge in [0.1, 0.15) is 5.82 Å². The van der Waals surface area contributed by atoms with Crippen LogP contribution in [0.15, 0.2) is 30.3 Å². The van der Waals surface area contributed by atoms with Crippen LogP contribution in [0.5, 0.6) is 0 Å². The van der Waals surface area contributed by atoms with Crippen molar-refractivity contribution in [3.8, 4) is 0 Å². The second-order valence-corrected chi connectivity index (χ2v) is 4.53. The number of rotatable bonds is 6. The van der Waals surface area contributed by atoms with Crippen molar-refractivity contribution in [2.24, 2.45) is 0 Å². The van der Waals surface area contributed by atoms with Crippen molar-refractivity contribution in [2.45, 2.75) is 20.0 Å². The molecule has 0 aliphatic rings. The third-order valence-corrected chi connectivity index (χ3v) is 3.11. The van der Waals surface area contributed by atoms with Gasteiger partial charge in [-0.1, -0.05) is 25.1 Å². The van der Waals surface area contributed by atoms with Gasteiger partial charge in [-0.05, 0) is 18.6 Å². The van der Waals surface area contributed by atoms with Crippen molar-refractivity contribution in [3.05, 3.63) is 35.9 Å². The van der Waals surface area contributed by atoms with Gasteiger partial charge in [0.05, 0.1) is 18.7 Å². The smallest absolute Gasteiger partial charge is 0.134 e. The van der Waals surface area contributed by atoms with Crippen LogP contribution in [-0.4, -0.2) is 34.9 Å². The first kappa shape index (κ1) is 13.8. The Morgan fingerprint density at radius 2 is 1.95 bits per heavy atom. The molecule has 19 heavy (non-hydrogen) atoms. The Morgan fingerprint density at radius 3 is 2.63 bits per heavy atom. The Labute approximate surface area is 113 Å². The van der Waals surface area contributed by atoms with E-state index in [4.69, 9.17) is 5.11 Å². The predicted octanol–water partition coefficient (Wildman–Crippen LogP) is 1.94. The molecule has 0 saturated heterocycles. The van der Waals surface area contributed by atoms with Crippen molar-refractivity contribution >= 4 is 16.7 Å². The number of hydrogen-bond donors (Lipinski definition) is 2. The Balaban J connectivity index is 2.49. The summed E-state index contributed by atoms with van der Waals surface area (Å²) in [7, 11) is 0. The standard InChI is InChI=1S/C15H20N2O2/c1-2-7-17(8-9-18)15-13(11-19)10-12-5-3-4-6-14(12)16-15/h3-6,10,18-19H,2,7-9,11H2,1H3. The summed E-state index contributed by atoms with van der Waals surface area (Å²) in [5, 5.41) is 19.7. The van der Waals surface area contributed by atoms with Crippen LogP contribution in [0.1, 0.15) is 18.9 Å². The molecular formula is C15H20N2O2. The number of pyridine rings is 1. The highest BCUT2D eigenvalue weighted by atomic mass is 16.3. The van der Waals surface area contributed by atoms with E-state index in [-0.39, 0.29) is 13.2 Å². The molecule has 4 heteroatoms. The molecule has 0 fully saturated rings. The topological polar surface area (TPSA) is 56.6 Å². The number of aliphatic hydroxyl groups is 2. The second-order valence-electron chi connectivity index (χ2n) is 4.53. The van der Waals surface area contributed by atoms with Crippen molar-refractivity contribution in [1.29, 1.82) is 0 Å². The van der Waals surface area contributed by atoms with Crippen LogP contribution >= 0.6 is 0 Å². The first-order valence-electron chi connectivity index (χ1n) is 6.65. The van der Waals surface area contributed by atoms with E-state index < -0.39 is 0 Å². The molecule has 0 spiro atoms. The van der Waals surface area contributed by atoms with E-state index in [1.165, 1.54) is 0 Å². The molecule has 0 amide bonds. The Morgan fingerprint density at radius 1 is 1.16 bits per heavy atom. The Bertz CT molecular complexity index is 537. The van der Waals surface area contributed by atoms with E-state index in [1.807, 2.05) is 35.2 Å². The molecule has 2 N–H and O–H groups in total. The molecule has 0 aliphatic carbocycles. The molecule has 2 aromatic rings. The monoisotopic (exact) mass is 260 g/mol. The summed E-state index contributed by atoms with van der Waals surface area (Å²) in [6.45, 7) is 3.48. The van der Waals surface area contributed by atoms with Gasteiger partial charge in [0, 0.05) is 24.0 Å². The van der Waals surface area contributed by atoms with Gasteiger partial charge in [-0.25, -0.2) is 4.98 Å². The summed E-state index contributed by atoms with van der Waals surface area (Å²) in [5.74, 6) is 0.775. The van der Waals surface area contributed by atoms with Gasteiger partial charge in [-0.3, -0.25) is 0 Å². The maximum atomic E-state index is 9.53. The number of aromatic nitrogens is 1. The van der Waals surface area contributed by atoms with Gasteiger partial charge in [0.15, 0.2) is 0 Å². The molecular weight excluding hydrogens is 240 g/mol. The average molecular weight is 260 g/mol. The average Bonchev–Trinajstić information content (AvgIpc) is 2.45. The van der Waals surface area contributed by atoms with Crippen LogP contribution in [0.2, 0.25) is 0 Å². The highest BCUT2D eigenvalue weighted by molar-refractivity contribution is 5.81. The predicted molar refractivity (Wildman–Crippen MR) is 77.3 cm³/mol. The number of aliphatic hydroxyl groups excluding tert-OH is 2. The maximum absolute atomic E-state index is 9.53. The van der Waals surface area contributed by atoms with E-state index in [0.29, 0.717) is 6.54 Å². The summed E-state index contributed by atoms with van der Waals surface area (Å²) in [4.78, 5) is 6.66. The van der Waals surface area contributed by atoms with Gasteiger partial charge < -0.3 is 15.1 Å². The highest BCUT2D eigenvalue weighted by Crippen LogP contribution is 2.23. The van der Waals surface area contributed by atoms with Gasteiger partial charge in [0.25, 0.3) is 0 Å². The third-order valence-electron chi connectivity index (χ3n) is 3.11. The third kappa shape index (κ3) is 3.03. The SMILES string of the molecule is CCCN(CCO)c1nc2ccccc2cc1CO. The Kier molecular flexibility index (Phi) is 4.71. The Hall–Kier alpha value is -1.65. The zero-order chi connectivity index (χ0) is 13.7. The van der Waals surface area contributed by atoms with Crippen molar-refractivity contribution in [3.63, 3.8) is 0 Å². The van der Waals surface area contributed by atoms with E-state index >= 15 is 0 Å². The molecule has 0 unspecified atom stereocenters. The molecule has 0 saturated carbocycles. The summed E-state index contributed by atoms with van der Waals surface area (Å²) >= 11 is 0. The molecule has 0 bridgehead atoms. The van der Waals surface area contributed by atoms with Crippen LogP contribution in [0.25, 0.3) is 10.9 Å². The molecule has 0 aliphatic heterocycles. The molecule has 1 heterocycles. The minimum absolute atomic E-state index is 0.0428. The molecule has 1 aromatic carbocycles. The minimum Gasteiger partial charge on any atom is -0.395 e. The van der Waals surface area contributed by atoms with Crippen molar-refractivity contribution in [2.75, 3.05) is 24.6 Å². The fraction of sp³-hybridized carbons (Fsp3) is 0.400. The summed E-state index contributed by atoms with van der Waals surface area (Å²) in [5.41, 5.74) is 1.72. The lowest BCUT2D eigenvalue weighted by atomic mass is 10.1. The second kappa shape index (κ2) is 6.50. The first-order valence-corrected chi connectivity index (χ1v) is 6.65. The molecule has 4 nitrogen and oxygen atoms in total. The molecule has 2 rings (SSSR count). The summed E-state index contributed by atoms with van der Waals surface area (Å²) in [6.07, 6.45) is 0.972. The normalized spacial score (nSPS) is 10.9. The van der Waals surface area contributed by atoms with Crippen LogP contribution in [0.3, 0.4) is 0 Å². The van der Waals surface area contributed by atoms with Crippen LogP contribution in [0, 0.1) is 0 Å². The quantitative estimate of drug-likeness (QED) is 0.833. The van der Waals surface area contributed by atoms with E-state index in [1.54, 1.807) is 0 Å². The number of benzene rings is 1. The van der Waals surface area contributed by atoms with E-state index in [9.17, 15) is 5.11 Å². The summed E-state index contributed by atoms with van der Waals surface area (Å²) < 4.78 is 0. The lowest BCUT2D eigenvalue weighted by molar-refractivity contribution is 0.280. The van der Waals surface area contributed by atoms with Crippen LogP contribution < -0.4 is 4.90 Å². The maximum Gasteiger partial charge on any atom is 0.134 e. The highest BCUT2D eigenvalue weighted by Gasteiger charge is 2.13. The van der Waals surface area contributed by atoms with Crippen molar-refractivity contribution < 1.29 is 10.2 Å². The number of hydrogen-bond acceptors (Lipinski definition) is 4. The van der Waals surface area contributed by atoms with Crippen LogP contribution in [0.4, 0.5) is 5.82 Å². The summed E-state index contributed by atoms with van der Waals surface area (Å²) in [6, 6.07) is 9.83. The molecule has 0 radical (unpaired) electrons. The van der Waals surface area contributed by atoms with Crippen molar-refractivity contribution in [1.82, 2.24) is 4.98 Å². The van der Waals surface area contributed by atoms with Gasteiger partial charge in [-0.15, -0.1) is 0 Å². The molecule has 0 atom stereocenters. The molecule has 102 valence electrons. The zero-order valence-electron chi connectivity index (χ0n) is 11.2. The van der Waals surface area contributed by atoms with Gasteiger partial charge >= 0.3 is 0 Å². The lowest BCUT2D eigenvalue weighted by Crippen LogP contribution is -2.29. The fourth-order valence-corrected chi connectivity index (χ4v) is 2.25. The van der Waals surface area contributed by atoms with Gasteiger partial charge in [0.2, 0.25) is 0 Å². The fourth-order valence-electron chi connectivity index (χ4n) is 2.25. The van der Waals surface area contributed by atoms with E-state index in [2.05, 4.69) is 11.9 Å². The number of fused-ring (bicyclic) bond motifs is 1. The van der Waals surface area contributed by atoms with Gasteiger partial charge in [-0.2, -0.15) is 0 Å². The minimum atomic E-state index is -0.0428. The first-order chi connectivity index (χ1) is 9.30. The number of nitrogens with zero attached hydrogens (tertiary/aromatic N) is 2. The van der Waals surface area contributed by atoms with E-state index in [0.717, 1.165) is 35.2 Å². The van der Waals surface area contributed by atoms with Crippen LogP contribution in [-0.2, 0) is 6.61 Å². The lowest BCUT2D eigenvalue weighted by Gasteiger charge is -2.24. The number of anilines is 1. The number of para-hydroxylation sites is 1. The zero-order valence-corrected chi connectivity index (χ0v) is 11.2.